The van der Waals surface area contributed by atoms with Gasteiger partial charge < -0.3 is 24.1 Å². The fourth-order valence-electron chi connectivity index (χ4n) is 3.03. The zero-order chi connectivity index (χ0) is 23.1. The molecule has 3 rings (SSSR count). The average Bonchev–Trinajstić information content (AvgIpc) is 3.09. The molecule has 0 saturated carbocycles. The van der Waals surface area contributed by atoms with Gasteiger partial charge >= 0.3 is 6.61 Å². The first-order chi connectivity index (χ1) is 15.4. The van der Waals surface area contributed by atoms with Crippen LogP contribution in [-0.2, 0) is 24.4 Å². The zero-order valence-corrected chi connectivity index (χ0v) is 18.0. The number of alkyl halides is 2. The Morgan fingerprint density at radius 3 is 2.44 bits per heavy atom. The van der Waals surface area contributed by atoms with Crippen molar-refractivity contribution in [3.8, 4) is 17.2 Å². The highest BCUT2D eigenvalue weighted by Crippen LogP contribution is 2.29. The van der Waals surface area contributed by atoms with E-state index < -0.39 is 6.61 Å². The van der Waals surface area contributed by atoms with Crippen LogP contribution in [-0.4, -0.2) is 24.8 Å². The van der Waals surface area contributed by atoms with Crippen LogP contribution in [0.25, 0.3) is 0 Å². The molecule has 1 aromatic heterocycles. The lowest BCUT2D eigenvalue weighted by molar-refractivity contribution is -0.120. The quantitative estimate of drug-likeness (QED) is 0.499. The third-order valence-corrected chi connectivity index (χ3v) is 4.79. The number of rotatable bonds is 10. The van der Waals surface area contributed by atoms with Gasteiger partial charge in [0.05, 0.1) is 24.8 Å². The van der Waals surface area contributed by atoms with E-state index in [9.17, 15) is 13.6 Å². The summed E-state index contributed by atoms with van der Waals surface area (Å²) in [4.78, 5) is 12.3. The number of hydrogen-bond donors (Lipinski definition) is 1. The van der Waals surface area contributed by atoms with E-state index in [-0.39, 0.29) is 30.4 Å². The Morgan fingerprint density at radius 2 is 1.81 bits per heavy atom. The number of nitrogens with one attached hydrogen (secondary N) is 1. The standard InChI is InChI=1S/C23H24F2N2O5/c1-14-19(15(2)32-27-14)13-30-18-7-4-16(5-8-18)11-22(28)26-12-17-6-9-20(31-23(24)25)21(10-17)29-3/h4-10,23H,11-13H2,1-3H3,(H,26,28). The summed E-state index contributed by atoms with van der Waals surface area (Å²) in [5.41, 5.74) is 3.23. The predicted molar refractivity (Wildman–Crippen MR) is 112 cm³/mol. The molecule has 32 heavy (non-hydrogen) atoms. The lowest BCUT2D eigenvalue weighted by atomic mass is 10.1. The Labute approximate surface area is 184 Å². The second-order valence-corrected chi connectivity index (χ2v) is 7.05. The Kier molecular flexibility index (Phi) is 7.64. The fraction of sp³-hybridized carbons (Fsp3) is 0.304. The van der Waals surface area contributed by atoms with Crippen LogP contribution in [0.2, 0.25) is 0 Å². The summed E-state index contributed by atoms with van der Waals surface area (Å²) in [5, 5.41) is 6.69. The van der Waals surface area contributed by atoms with Crippen molar-refractivity contribution in [3.63, 3.8) is 0 Å². The molecule has 2 aromatic carbocycles. The number of carbonyl (C=O) groups is 1. The van der Waals surface area contributed by atoms with Gasteiger partial charge in [0.2, 0.25) is 5.91 Å². The third-order valence-electron chi connectivity index (χ3n) is 4.79. The molecule has 0 radical (unpaired) electrons. The Morgan fingerprint density at radius 1 is 1.09 bits per heavy atom. The first-order valence-corrected chi connectivity index (χ1v) is 9.87. The van der Waals surface area contributed by atoms with Crippen LogP contribution >= 0.6 is 0 Å². The van der Waals surface area contributed by atoms with Crippen molar-refractivity contribution in [1.29, 1.82) is 0 Å². The highest BCUT2D eigenvalue weighted by Gasteiger charge is 2.12. The number of hydrogen-bond acceptors (Lipinski definition) is 6. The predicted octanol–water partition coefficient (Wildman–Crippen LogP) is 4.34. The van der Waals surface area contributed by atoms with Crippen molar-refractivity contribution in [3.05, 3.63) is 70.6 Å². The second kappa shape index (κ2) is 10.6. The lowest BCUT2D eigenvalue weighted by Gasteiger charge is -2.12. The number of methoxy groups -OCH3 is 1. The molecule has 0 aliphatic heterocycles. The molecule has 7 nitrogen and oxygen atoms in total. The number of benzene rings is 2. The highest BCUT2D eigenvalue weighted by molar-refractivity contribution is 5.78. The molecular weight excluding hydrogens is 422 g/mol. The van der Waals surface area contributed by atoms with Crippen molar-refractivity contribution in [2.24, 2.45) is 0 Å². The van der Waals surface area contributed by atoms with Gasteiger partial charge in [-0.2, -0.15) is 8.78 Å². The molecule has 9 heteroatoms. The van der Waals surface area contributed by atoms with E-state index in [0.29, 0.717) is 17.9 Å². The van der Waals surface area contributed by atoms with Gasteiger partial charge in [0.15, 0.2) is 11.5 Å². The van der Waals surface area contributed by atoms with Crippen molar-refractivity contribution < 1.29 is 32.3 Å². The number of aromatic nitrogens is 1. The molecule has 0 atom stereocenters. The summed E-state index contributed by atoms with van der Waals surface area (Å²) < 4.78 is 45.2. The normalized spacial score (nSPS) is 10.8. The van der Waals surface area contributed by atoms with E-state index in [4.69, 9.17) is 14.0 Å². The minimum absolute atomic E-state index is 0.0609. The number of amides is 1. The first-order valence-electron chi connectivity index (χ1n) is 9.87. The molecule has 1 amide bonds. The molecule has 0 aliphatic carbocycles. The van der Waals surface area contributed by atoms with Crippen LogP contribution < -0.4 is 19.5 Å². The van der Waals surface area contributed by atoms with Gasteiger partial charge in [0, 0.05) is 6.54 Å². The molecule has 0 saturated heterocycles. The Bertz CT molecular complexity index is 1030. The minimum Gasteiger partial charge on any atom is -0.493 e. The third kappa shape index (κ3) is 6.19. The summed E-state index contributed by atoms with van der Waals surface area (Å²) in [7, 11) is 1.36. The number of ether oxygens (including phenoxy) is 3. The molecule has 3 aromatic rings. The van der Waals surface area contributed by atoms with Gasteiger partial charge in [0.1, 0.15) is 18.1 Å². The molecule has 0 unspecified atom stereocenters. The number of aryl methyl sites for hydroxylation is 2. The molecule has 0 aliphatic rings. The summed E-state index contributed by atoms with van der Waals surface area (Å²) in [6.07, 6.45) is 0.188. The van der Waals surface area contributed by atoms with Crippen molar-refractivity contribution in [2.75, 3.05) is 7.11 Å². The molecule has 1 N–H and O–H groups in total. The van der Waals surface area contributed by atoms with Crippen LogP contribution in [0.5, 0.6) is 17.2 Å². The maximum absolute atomic E-state index is 12.4. The fourth-order valence-corrected chi connectivity index (χ4v) is 3.03. The first kappa shape index (κ1) is 23.1. The molecule has 1 heterocycles. The van der Waals surface area contributed by atoms with E-state index >= 15 is 0 Å². The smallest absolute Gasteiger partial charge is 0.387 e. The number of halogens is 2. The van der Waals surface area contributed by atoms with Crippen molar-refractivity contribution >= 4 is 5.91 Å². The monoisotopic (exact) mass is 446 g/mol. The van der Waals surface area contributed by atoms with Crippen LogP contribution in [0.15, 0.2) is 47.0 Å². The summed E-state index contributed by atoms with van der Waals surface area (Å²) in [5.74, 6) is 1.33. The molecule has 0 bridgehead atoms. The van der Waals surface area contributed by atoms with Crippen LogP contribution in [0.3, 0.4) is 0 Å². The maximum Gasteiger partial charge on any atom is 0.387 e. The second-order valence-electron chi connectivity index (χ2n) is 7.05. The summed E-state index contributed by atoms with van der Waals surface area (Å²) >= 11 is 0. The maximum atomic E-state index is 12.4. The van der Waals surface area contributed by atoms with Gasteiger partial charge in [-0.3, -0.25) is 4.79 Å². The molecule has 0 spiro atoms. The van der Waals surface area contributed by atoms with Gasteiger partial charge in [-0.05, 0) is 49.2 Å². The number of nitrogens with zero attached hydrogens (tertiary/aromatic N) is 1. The van der Waals surface area contributed by atoms with E-state index in [2.05, 4.69) is 15.2 Å². The summed E-state index contributed by atoms with van der Waals surface area (Å²) in [6, 6.07) is 11.8. The lowest BCUT2D eigenvalue weighted by Crippen LogP contribution is -2.24. The van der Waals surface area contributed by atoms with Gasteiger partial charge in [-0.15, -0.1) is 0 Å². The highest BCUT2D eigenvalue weighted by atomic mass is 19.3. The van der Waals surface area contributed by atoms with Crippen LogP contribution in [0.4, 0.5) is 8.78 Å². The average molecular weight is 446 g/mol. The summed E-state index contributed by atoms with van der Waals surface area (Å²) in [6.45, 7) is 1.33. The largest absolute Gasteiger partial charge is 0.493 e. The van der Waals surface area contributed by atoms with Gasteiger partial charge in [0.25, 0.3) is 0 Å². The molecule has 0 fully saturated rings. The van der Waals surface area contributed by atoms with Crippen LogP contribution in [0, 0.1) is 13.8 Å². The Hall–Kier alpha value is -3.62. The minimum atomic E-state index is -2.94. The van der Waals surface area contributed by atoms with Gasteiger partial charge in [-0.25, -0.2) is 0 Å². The zero-order valence-electron chi connectivity index (χ0n) is 18.0. The molecular formula is C23H24F2N2O5. The van der Waals surface area contributed by atoms with Crippen molar-refractivity contribution in [2.45, 2.75) is 40.0 Å². The SMILES string of the molecule is COc1cc(CNC(=O)Cc2ccc(OCc3c(C)noc3C)cc2)ccc1OC(F)F. The van der Waals surface area contributed by atoms with E-state index in [0.717, 1.165) is 22.6 Å². The number of carbonyl (C=O) groups excluding carboxylic acids is 1. The van der Waals surface area contributed by atoms with E-state index in [1.54, 1.807) is 24.3 Å². The van der Waals surface area contributed by atoms with Crippen molar-refractivity contribution in [1.82, 2.24) is 10.5 Å². The van der Waals surface area contributed by atoms with E-state index in [1.165, 1.54) is 13.2 Å². The van der Waals surface area contributed by atoms with Gasteiger partial charge in [-0.1, -0.05) is 23.4 Å². The molecule has 170 valence electrons. The van der Waals surface area contributed by atoms with E-state index in [1.807, 2.05) is 26.0 Å². The Balaban J connectivity index is 1.49. The topological polar surface area (TPSA) is 82.8 Å². The van der Waals surface area contributed by atoms with Crippen LogP contribution in [0.1, 0.15) is 28.1 Å².